The molecular formula is C32H32N2O4. The molecule has 3 aromatic rings. The first kappa shape index (κ1) is 25.5. The zero-order valence-electron chi connectivity index (χ0n) is 21.6. The molecule has 1 aliphatic carbocycles. The fraction of sp³-hybridized carbons (Fsp3) is 0.281. The third-order valence-electron chi connectivity index (χ3n) is 7.15. The SMILES string of the molecule is COC(=O)/C=C/c1cccc(N(Cc2ccc(-c3ccc4c(c3)OCC=N4)cc2)C(=O)C2CCCCC2)c1. The molecule has 1 fully saturated rings. The number of amides is 1. The van der Waals surface area contributed by atoms with Gasteiger partial charge >= 0.3 is 5.97 Å². The van der Waals surface area contributed by atoms with Crippen LogP contribution in [0.25, 0.3) is 17.2 Å². The summed E-state index contributed by atoms with van der Waals surface area (Å²) in [4.78, 5) is 31.6. The van der Waals surface area contributed by atoms with Crippen LogP contribution in [0, 0.1) is 5.92 Å². The molecule has 0 saturated heterocycles. The molecule has 0 N–H and O–H groups in total. The molecule has 0 aromatic heterocycles. The third kappa shape index (κ3) is 6.02. The number of carbonyl (C=O) groups excluding carboxylic acids is 2. The number of nitrogens with zero attached hydrogens (tertiary/aromatic N) is 2. The largest absolute Gasteiger partial charge is 0.486 e. The smallest absolute Gasteiger partial charge is 0.330 e. The predicted molar refractivity (Wildman–Crippen MR) is 151 cm³/mol. The first-order valence-electron chi connectivity index (χ1n) is 13.2. The number of hydrogen-bond donors (Lipinski definition) is 0. The number of methoxy groups -OCH3 is 1. The number of hydrogen-bond acceptors (Lipinski definition) is 5. The average Bonchev–Trinajstić information content (AvgIpc) is 2.99. The second-order valence-electron chi connectivity index (χ2n) is 9.71. The molecule has 2 aliphatic rings. The molecule has 0 radical (unpaired) electrons. The standard InChI is InChI=1S/C32H32N2O4/c1-37-31(35)17-12-23-6-5-9-28(20-23)34(32(36)26-7-3-2-4-8-26)22-24-10-13-25(14-11-24)27-15-16-29-30(21-27)38-19-18-33-29/h5-6,9-18,20-21,26H,2-4,7-8,19,22H2,1H3/b17-12+. The number of esters is 1. The van der Waals surface area contributed by atoms with Crippen LogP contribution >= 0.6 is 0 Å². The van der Waals surface area contributed by atoms with Crippen LogP contribution < -0.4 is 9.64 Å². The maximum Gasteiger partial charge on any atom is 0.330 e. The van der Waals surface area contributed by atoms with Gasteiger partial charge in [0.1, 0.15) is 18.0 Å². The molecule has 6 heteroatoms. The predicted octanol–water partition coefficient (Wildman–Crippen LogP) is 6.75. The van der Waals surface area contributed by atoms with Crippen molar-refractivity contribution >= 4 is 35.5 Å². The Kier molecular flexibility index (Phi) is 7.98. The molecule has 0 unspecified atom stereocenters. The van der Waals surface area contributed by atoms with Crippen molar-refractivity contribution in [1.82, 2.24) is 0 Å². The lowest BCUT2D eigenvalue weighted by Crippen LogP contribution is -2.36. The normalized spacial score (nSPS) is 15.1. The number of rotatable bonds is 7. The molecule has 0 bridgehead atoms. The summed E-state index contributed by atoms with van der Waals surface area (Å²) in [5, 5.41) is 0. The van der Waals surface area contributed by atoms with Crippen molar-refractivity contribution < 1.29 is 19.1 Å². The minimum Gasteiger partial charge on any atom is -0.486 e. The summed E-state index contributed by atoms with van der Waals surface area (Å²) in [5.41, 5.74) is 5.69. The van der Waals surface area contributed by atoms with E-state index in [1.807, 2.05) is 47.4 Å². The van der Waals surface area contributed by atoms with E-state index in [9.17, 15) is 9.59 Å². The molecular weight excluding hydrogens is 476 g/mol. The molecule has 6 nitrogen and oxygen atoms in total. The van der Waals surface area contributed by atoms with E-state index in [4.69, 9.17) is 9.47 Å². The Morgan fingerprint density at radius 1 is 1.00 bits per heavy atom. The van der Waals surface area contributed by atoms with E-state index in [1.54, 1.807) is 12.3 Å². The highest BCUT2D eigenvalue weighted by atomic mass is 16.5. The van der Waals surface area contributed by atoms with Gasteiger partial charge in [-0.3, -0.25) is 9.79 Å². The Balaban J connectivity index is 1.40. The average molecular weight is 509 g/mol. The Morgan fingerprint density at radius 2 is 1.79 bits per heavy atom. The zero-order chi connectivity index (χ0) is 26.3. The van der Waals surface area contributed by atoms with Gasteiger partial charge in [-0.15, -0.1) is 0 Å². The lowest BCUT2D eigenvalue weighted by Gasteiger charge is -2.30. The molecule has 5 rings (SSSR count). The maximum atomic E-state index is 13.8. The van der Waals surface area contributed by atoms with Crippen LogP contribution in [0.3, 0.4) is 0 Å². The zero-order valence-corrected chi connectivity index (χ0v) is 21.6. The van der Waals surface area contributed by atoms with Gasteiger partial charge in [0.15, 0.2) is 0 Å². The van der Waals surface area contributed by atoms with Gasteiger partial charge in [-0.1, -0.05) is 61.7 Å². The Morgan fingerprint density at radius 3 is 2.58 bits per heavy atom. The van der Waals surface area contributed by atoms with E-state index in [0.717, 1.165) is 65.1 Å². The summed E-state index contributed by atoms with van der Waals surface area (Å²) in [6, 6.07) is 22.1. The first-order valence-corrected chi connectivity index (χ1v) is 13.2. The van der Waals surface area contributed by atoms with Crippen LogP contribution in [0.5, 0.6) is 5.75 Å². The number of aliphatic imine (C=N–C) groups is 1. The topological polar surface area (TPSA) is 68.2 Å². The number of carbonyl (C=O) groups is 2. The van der Waals surface area contributed by atoms with E-state index in [-0.39, 0.29) is 11.8 Å². The summed E-state index contributed by atoms with van der Waals surface area (Å²) in [5.74, 6) is 0.578. The molecule has 0 spiro atoms. The van der Waals surface area contributed by atoms with Gasteiger partial charge < -0.3 is 14.4 Å². The van der Waals surface area contributed by atoms with Crippen LogP contribution in [-0.2, 0) is 20.9 Å². The van der Waals surface area contributed by atoms with Crippen molar-refractivity contribution in [3.05, 3.63) is 83.9 Å². The molecule has 1 heterocycles. The van der Waals surface area contributed by atoms with Crippen molar-refractivity contribution in [2.45, 2.75) is 38.6 Å². The van der Waals surface area contributed by atoms with E-state index in [2.05, 4.69) is 29.3 Å². The number of anilines is 1. The summed E-state index contributed by atoms with van der Waals surface area (Å²) >= 11 is 0. The van der Waals surface area contributed by atoms with Gasteiger partial charge in [0, 0.05) is 23.9 Å². The van der Waals surface area contributed by atoms with Crippen LogP contribution in [0.2, 0.25) is 0 Å². The molecule has 1 aliphatic heterocycles. The summed E-state index contributed by atoms with van der Waals surface area (Å²) < 4.78 is 10.4. The second kappa shape index (κ2) is 11.9. The van der Waals surface area contributed by atoms with E-state index in [0.29, 0.717) is 13.2 Å². The van der Waals surface area contributed by atoms with Gasteiger partial charge in [0.2, 0.25) is 5.91 Å². The van der Waals surface area contributed by atoms with Gasteiger partial charge in [-0.2, -0.15) is 0 Å². The second-order valence-corrected chi connectivity index (χ2v) is 9.71. The van der Waals surface area contributed by atoms with Gasteiger partial charge in [-0.05, 0) is 65.4 Å². The van der Waals surface area contributed by atoms with E-state index < -0.39 is 5.97 Å². The number of benzene rings is 3. The maximum absolute atomic E-state index is 13.8. The van der Waals surface area contributed by atoms with Crippen molar-refractivity contribution in [3.63, 3.8) is 0 Å². The molecule has 3 aromatic carbocycles. The summed E-state index contributed by atoms with van der Waals surface area (Å²) in [6.07, 6.45) is 10.1. The van der Waals surface area contributed by atoms with Gasteiger partial charge in [0.05, 0.1) is 13.7 Å². The van der Waals surface area contributed by atoms with Gasteiger partial charge in [-0.25, -0.2) is 4.79 Å². The summed E-state index contributed by atoms with van der Waals surface area (Å²) in [6.45, 7) is 0.960. The molecule has 0 atom stereocenters. The molecule has 1 saturated carbocycles. The van der Waals surface area contributed by atoms with Crippen LogP contribution in [0.1, 0.15) is 43.2 Å². The highest BCUT2D eigenvalue weighted by Gasteiger charge is 2.27. The van der Waals surface area contributed by atoms with E-state index in [1.165, 1.54) is 19.6 Å². The fourth-order valence-electron chi connectivity index (χ4n) is 5.06. The Bertz CT molecular complexity index is 1350. The highest BCUT2D eigenvalue weighted by Crippen LogP contribution is 2.35. The Hall–Kier alpha value is -4.19. The van der Waals surface area contributed by atoms with Crippen molar-refractivity contribution in [2.24, 2.45) is 10.9 Å². The van der Waals surface area contributed by atoms with E-state index >= 15 is 0 Å². The van der Waals surface area contributed by atoms with Crippen molar-refractivity contribution in [2.75, 3.05) is 18.6 Å². The van der Waals surface area contributed by atoms with Crippen molar-refractivity contribution in [1.29, 1.82) is 0 Å². The minimum absolute atomic E-state index is 0.0374. The van der Waals surface area contributed by atoms with Crippen molar-refractivity contribution in [3.8, 4) is 16.9 Å². The fourth-order valence-corrected chi connectivity index (χ4v) is 5.06. The highest BCUT2D eigenvalue weighted by molar-refractivity contribution is 5.95. The lowest BCUT2D eigenvalue weighted by atomic mass is 9.88. The Labute approximate surface area is 223 Å². The lowest BCUT2D eigenvalue weighted by molar-refractivity contribution is -0.134. The van der Waals surface area contributed by atoms with Crippen LogP contribution in [-0.4, -0.2) is 31.8 Å². The van der Waals surface area contributed by atoms with Crippen LogP contribution in [0.4, 0.5) is 11.4 Å². The number of fused-ring (bicyclic) bond motifs is 1. The number of ether oxygens (including phenoxy) is 2. The van der Waals surface area contributed by atoms with Crippen LogP contribution in [0.15, 0.2) is 77.8 Å². The third-order valence-corrected chi connectivity index (χ3v) is 7.15. The monoisotopic (exact) mass is 508 g/mol. The minimum atomic E-state index is -0.413. The quantitative estimate of drug-likeness (QED) is 0.262. The summed E-state index contributed by atoms with van der Waals surface area (Å²) in [7, 11) is 1.35. The molecule has 1 amide bonds. The first-order chi connectivity index (χ1) is 18.6. The molecule has 38 heavy (non-hydrogen) atoms. The van der Waals surface area contributed by atoms with Gasteiger partial charge in [0.25, 0.3) is 0 Å². The molecule has 194 valence electrons.